The van der Waals surface area contributed by atoms with Gasteiger partial charge in [-0.05, 0) is 48.6 Å². The summed E-state index contributed by atoms with van der Waals surface area (Å²) in [6, 6.07) is 17.8. The van der Waals surface area contributed by atoms with E-state index in [1.54, 1.807) is 31.3 Å². The summed E-state index contributed by atoms with van der Waals surface area (Å²) in [7, 11) is 3.14. The molecule has 0 saturated heterocycles. The number of methoxy groups -OCH3 is 2. The Morgan fingerprint density at radius 3 is 2.44 bits per heavy atom. The zero-order valence-electron chi connectivity index (χ0n) is 19.5. The minimum absolute atomic E-state index is 0.115. The molecule has 0 aliphatic heterocycles. The highest BCUT2D eigenvalue weighted by Crippen LogP contribution is 2.36. The maximum absolute atomic E-state index is 13.9. The number of anilines is 1. The monoisotopic (exact) mass is 478 g/mol. The predicted octanol–water partition coefficient (Wildman–Crippen LogP) is 5.14. The predicted molar refractivity (Wildman–Crippen MR) is 135 cm³/mol. The number of nitrogens with one attached hydrogen (secondary N) is 1. The molecule has 3 aromatic rings. The van der Waals surface area contributed by atoms with Gasteiger partial charge in [-0.25, -0.2) is 0 Å². The number of benzene rings is 2. The van der Waals surface area contributed by atoms with Gasteiger partial charge in [-0.1, -0.05) is 37.1 Å². The quantitative estimate of drug-likeness (QED) is 0.462. The standard InChI is InChI=1S/C27H30N2O4S/c1-32-21-14-15-23(24(17-21)33-2)26(27(31)28-19-9-6-7-10-19)29(20-11-4-3-5-12-20)25(30)18-22-13-8-16-34-22/h3-5,8,11-17,19,26H,6-7,9-10,18H2,1-2H3,(H,28,31)/t26-/m1/s1. The van der Waals surface area contributed by atoms with E-state index in [4.69, 9.17) is 9.47 Å². The van der Waals surface area contributed by atoms with Crippen LogP contribution < -0.4 is 19.7 Å². The van der Waals surface area contributed by atoms with Crippen LogP contribution in [0.25, 0.3) is 0 Å². The molecule has 1 N–H and O–H groups in total. The largest absolute Gasteiger partial charge is 0.497 e. The molecule has 1 heterocycles. The highest BCUT2D eigenvalue weighted by molar-refractivity contribution is 7.10. The molecule has 1 fully saturated rings. The van der Waals surface area contributed by atoms with Crippen molar-refractivity contribution in [1.29, 1.82) is 0 Å². The Morgan fingerprint density at radius 1 is 1.03 bits per heavy atom. The van der Waals surface area contributed by atoms with Gasteiger partial charge in [0.25, 0.3) is 0 Å². The molecule has 1 aliphatic carbocycles. The first kappa shape index (κ1) is 23.8. The van der Waals surface area contributed by atoms with E-state index in [0.29, 0.717) is 22.7 Å². The van der Waals surface area contributed by atoms with E-state index >= 15 is 0 Å². The summed E-state index contributed by atoms with van der Waals surface area (Å²) in [5, 5.41) is 5.15. The fourth-order valence-electron chi connectivity index (χ4n) is 4.47. The van der Waals surface area contributed by atoms with Crippen LogP contribution in [-0.4, -0.2) is 32.1 Å². The molecule has 7 heteroatoms. The number of carbonyl (C=O) groups is 2. The third-order valence-electron chi connectivity index (χ3n) is 6.15. The summed E-state index contributed by atoms with van der Waals surface area (Å²) in [5.41, 5.74) is 1.27. The number of ether oxygens (including phenoxy) is 2. The van der Waals surface area contributed by atoms with Crippen molar-refractivity contribution in [1.82, 2.24) is 5.32 Å². The van der Waals surface area contributed by atoms with Gasteiger partial charge in [0.05, 0.1) is 20.6 Å². The third kappa shape index (κ3) is 5.42. The van der Waals surface area contributed by atoms with Crippen LogP contribution in [0.3, 0.4) is 0 Å². The van der Waals surface area contributed by atoms with Gasteiger partial charge in [-0.15, -0.1) is 11.3 Å². The number of rotatable bonds is 9. The molecule has 1 atom stereocenters. The number of thiophene rings is 1. The second kappa shape index (κ2) is 11.2. The van der Waals surface area contributed by atoms with E-state index in [2.05, 4.69) is 5.32 Å². The lowest BCUT2D eigenvalue weighted by atomic mass is 10.00. The molecule has 2 aromatic carbocycles. The SMILES string of the molecule is COc1ccc([C@H](C(=O)NC2CCCC2)N(C(=O)Cc2cccs2)c2ccccc2)c(OC)c1. The molecule has 4 rings (SSSR count). The summed E-state index contributed by atoms with van der Waals surface area (Å²) in [6.45, 7) is 0. The van der Waals surface area contributed by atoms with Crippen LogP contribution in [0, 0.1) is 0 Å². The van der Waals surface area contributed by atoms with Crippen molar-refractivity contribution in [3.05, 3.63) is 76.5 Å². The van der Waals surface area contributed by atoms with Crippen molar-refractivity contribution >= 4 is 28.8 Å². The molecule has 1 saturated carbocycles. The van der Waals surface area contributed by atoms with E-state index in [0.717, 1.165) is 30.6 Å². The Hall–Kier alpha value is -3.32. The molecule has 34 heavy (non-hydrogen) atoms. The van der Waals surface area contributed by atoms with Crippen LogP contribution in [-0.2, 0) is 16.0 Å². The fourth-order valence-corrected chi connectivity index (χ4v) is 5.16. The Balaban J connectivity index is 1.80. The van der Waals surface area contributed by atoms with Gasteiger partial charge in [-0.2, -0.15) is 0 Å². The maximum Gasteiger partial charge on any atom is 0.248 e. The third-order valence-corrected chi connectivity index (χ3v) is 7.03. The molecule has 0 radical (unpaired) electrons. The Labute approximate surface area is 204 Å². The molecule has 2 amide bonds. The molecule has 0 bridgehead atoms. The van der Waals surface area contributed by atoms with E-state index in [-0.39, 0.29) is 24.3 Å². The lowest BCUT2D eigenvalue weighted by molar-refractivity contribution is -0.127. The van der Waals surface area contributed by atoms with Crippen LogP contribution in [0.1, 0.15) is 42.2 Å². The van der Waals surface area contributed by atoms with Gasteiger partial charge < -0.3 is 14.8 Å². The fraction of sp³-hybridized carbons (Fsp3) is 0.333. The highest BCUT2D eigenvalue weighted by Gasteiger charge is 2.36. The first-order chi connectivity index (χ1) is 16.6. The van der Waals surface area contributed by atoms with Crippen molar-refractivity contribution in [2.45, 2.75) is 44.2 Å². The minimum atomic E-state index is -0.892. The van der Waals surface area contributed by atoms with Gasteiger partial charge in [0.1, 0.15) is 17.5 Å². The van der Waals surface area contributed by atoms with E-state index < -0.39 is 6.04 Å². The summed E-state index contributed by atoms with van der Waals surface area (Å²) in [5.74, 6) is 0.749. The Kier molecular flexibility index (Phi) is 7.85. The number of hydrogen-bond donors (Lipinski definition) is 1. The van der Waals surface area contributed by atoms with E-state index in [1.165, 1.54) is 11.3 Å². The average Bonchev–Trinajstić information content (AvgIpc) is 3.57. The number of carbonyl (C=O) groups excluding carboxylic acids is 2. The number of para-hydroxylation sites is 1. The second-order valence-electron chi connectivity index (χ2n) is 8.36. The lowest BCUT2D eigenvalue weighted by Gasteiger charge is -2.33. The summed E-state index contributed by atoms with van der Waals surface area (Å²) in [4.78, 5) is 30.2. The Morgan fingerprint density at radius 2 is 1.79 bits per heavy atom. The van der Waals surface area contributed by atoms with E-state index in [1.807, 2.05) is 53.9 Å². The van der Waals surface area contributed by atoms with Gasteiger partial charge in [-0.3, -0.25) is 14.5 Å². The van der Waals surface area contributed by atoms with Crippen molar-refractivity contribution in [2.75, 3.05) is 19.1 Å². The average molecular weight is 479 g/mol. The number of nitrogens with zero attached hydrogens (tertiary/aromatic N) is 1. The molecule has 0 spiro atoms. The molecule has 0 unspecified atom stereocenters. The highest BCUT2D eigenvalue weighted by atomic mass is 32.1. The molecule has 1 aliphatic rings. The van der Waals surface area contributed by atoms with Gasteiger partial charge in [0, 0.05) is 28.2 Å². The molecule has 6 nitrogen and oxygen atoms in total. The van der Waals surface area contributed by atoms with Gasteiger partial charge >= 0.3 is 0 Å². The van der Waals surface area contributed by atoms with Crippen LogP contribution >= 0.6 is 11.3 Å². The van der Waals surface area contributed by atoms with Crippen LogP contribution in [0.15, 0.2) is 66.0 Å². The smallest absolute Gasteiger partial charge is 0.248 e. The summed E-state index contributed by atoms with van der Waals surface area (Å²) in [6.07, 6.45) is 4.31. The number of hydrogen-bond acceptors (Lipinski definition) is 5. The minimum Gasteiger partial charge on any atom is -0.497 e. The molecular formula is C27H30N2O4S. The first-order valence-electron chi connectivity index (χ1n) is 11.5. The van der Waals surface area contributed by atoms with Crippen molar-refractivity contribution in [3.63, 3.8) is 0 Å². The van der Waals surface area contributed by atoms with Crippen LogP contribution in [0.2, 0.25) is 0 Å². The Bertz CT molecular complexity index is 1100. The summed E-state index contributed by atoms with van der Waals surface area (Å²) >= 11 is 1.53. The first-order valence-corrected chi connectivity index (χ1v) is 12.4. The molecule has 1 aromatic heterocycles. The van der Waals surface area contributed by atoms with Crippen molar-refractivity contribution in [3.8, 4) is 11.5 Å². The van der Waals surface area contributed by atoms with Gasteiger partial charge in [0.15, 0.2) is 0 Å². The summed E-state index contributed by atoms with van der Waals surface area (Å²) < 4.78 is 11.0. The van der Waals surface area contributed by atoms with Crippen molar-refractivity contribution in [2.24, 2.45) is 0 Å². The molecule has 178 valence electrons. The number of amides is 2. The van der Waals surface area contributed by atoms with E-state index in [9.17, 15) is 9.59 Å². The lowest BCUT2D eigenvalue weighted by Crippen LogP contribution is -2.47. The maximum atomic E-state index is 13.9. The zero-order valence-corrected chi connectivity index (χ0v) is 20.3. The van der Waals surface area contributed by atoms with Crippen molar-refractivity contribution < 1.29 is 19.1 Å². The van der Waals surface area contributed by atoms with Crippen LogP contribution in [0.4, 0.5) is 5.69 Å². The topological polar surface area (TPSA) is 67.9 Å². The van der Waals surface area contributed by atoms with Crippen LogP contribution in [0.5, 0.6) is 11.5 Å². The normalized spacial score (nSPS) is 14.4. The second-order valence-corrected chi connectivity index (χ2v) is 9.39. The molecular weight excluding hydrogens is 448 g/mol. The zero-order chi connectivity index (χ0) is 23.9. The van der Waals surface area contributed by atoms with Gasteiger partial charge in [0.2, 0.25) is 11.8 Å².